The van der Waals surface area contributed by atoms with Crippen LogP contribution in [0.15, 0.2) is 77.3 Å². The standard InChI is InChI=1S/C23H24N4O3S/c1-3-21(29)25-17-8-10-20(11-9-17)31-22-16(2)15-24-23(27-22)26-18-6-4-7-19(14-18)30-13-5-12-28/h3-4,6-11,14-15,28H,1,5,12-13H2,2H3,(H,25,29)(H,24,26,27). The summed E-state index contributed by atoms with van der Waals surface area (Å²) in [6.45, 7) is 5.96. The van der Waals surface area contributed by atoms with E-state index in [0.29, 0.717) is 30.4 Å². The number of rotatable bonds is 10. The van der Waals surface area contributed by atoms with Crippen molar-refractivity contribution in [3.63, 3.8) is 0 Å². The van der Waals surface area contributed by atoms with Crippen LogP contribution < -0.4 is 15.4 Å². The predicted octanol–water partition coefficient (Wildman–Crippen LogP) is 4.57. The molecule has 0 spiro atoms. The Morgan fingerprint density at radius 1 is 1.23 bits per heavy atom. The predicted molar refractivity (Wildman–Crippen MR) is 123 cm³/mol. The van der Waals surface area contributed by atoms with Gasteiger partial charge >= 0.3 is 0 Å². The Hall–Kier alpha value is -3.36. The second-order valence-electron chi connectivity index (χ2n) is 6.58. The first-order valence-electron chi connectivity index (χ1n) is 9.73. The number of carbonyl (C=O) groups is 1. The molecule has 0 unspecified atom stereocenters. The van der Waals surface area contributed by atoms with Gasteiger partial charge in [0.2, 0.25) is 11.9 Å². The molecule has 1 heterocycles. The van der Waals surface area contributed by atoms with Gasteiger partial charge in [-0.1, -0.05) is 24.4 Å². The van der Waals surface area contributed by atoms with E-state index < -0.39 is 0 Å². The Morgan fingerprint density at radius 3 is 2.77 bits per heavy atom. The highest BCUT2D eigenvalue weighted by Gasteiger charge is 2.08. The fraction of sp³-hybridized carbons (Fsp3) is 0.174. The van der Waals surface area contributed by atoms with Gasteiger partial charge in [0.15, 0.2) is 0 Å². The Balaban J connectivity index is 1.68. The topological polar surface area (TPSA) is 96.4 Å². The van der Waals surface area contributed by atoms with Gasteiger partial charge in [0.25, 0.3) is 0 Å². The lowest BCUT2D eigenvalue weighted by Gasteiger charge is -2.11. The molecule has 0 atom stereocenters. The number of benzene rings is 2. The molecule has 0 aliphatic rings. The third-order valence-corrected chi connectivity index (χ3v) is 5.22. The number of ether oxygens (including phenoxy) is 1. The lowest BCUT2D eigenvalue weighted by molar-refractivity contribution is -0.111. The molecule has 3 aromatic rings. The van der Waals surface area contributed by atoms with Crippen molar-refractivity contribution < 1.29 is 14.6 Å². The van der Waals surface area contributed by atoms with Crippen LogP contribution in [0.1, 0.15) is 12.0 Å². The van der Waals surface area contributed by atoms with Crippen LogP contribution in [-0.2, 0) is 4.79 Å². The van der Waals surface area contributed by atoms with Crippen molar-refractivity contribution in [3.05, 3.63) is 72.9 Å². The molecule has 0 aliphatic carbocycles. The number of amides is 1. The van der Waals surface area contributed by atoms with Gasteiger partial charge in [-0.3, -0.25) is 4.79 Å². The molecule has 160 valence electrons. The summed E-state index contributed by atoms with van der Waals surface area (Å²) in [5.74, 6) is 0.949. The molecule has 0 saturated heterocycles. The fourth-order valence-electron chi connectivity index (χ4n) is 2.55. The van der Waals surface area contributed by atoms with E-state index in [1.54, 1.807) is 6.20 Å². The summed E-state index contributed by atoms with van der Waals surface area (Å²) in [4.78, 5) is 21.4. The monoisotopic (exact) mass is 436 g/mol. The summed E-state index contributed by atoms with van der Waals surface area (Å²) >= 11 is 1.52. The second-order valence-corrected chi connectivity index (χ2v) is 7.64. The first-order valence-corrected chi connectivity index (χ1v) is 10.5. The molecule has 0 bridgehead atoms. The third kappa shape index (κ3) is 6.84. The molecule has 0 saturated carbocycles. The summed E-state index contributed by atoms with van der Waals surface area (Å²) in [5.41, 5.74) is 2.47. The molecule has 0 radical (unpaired) electrons. The Kier molecular flexibility index (Phi) is 8.03. The van der Waals surface area contributed by atoms with E-state index in [2.05, 4.69) is 27.2 Å². The normalized spacial score (nSPS) is 10.4. The van der Waals surface area contributed by atoms with Crippen molar-refractivity contribution in [2.75, 3.05) is 23.8 Å². The van der Waals surface area contributed by atoms with Gasteiger partial charge in [0.1, 0.15) is 10.8 Å². The molecule has 2 aromatic carbocycles. The van der Waals surface area contributed by atoms with E-state index in [9.17, 15) is 4.79 Å². The van der Waals surface area contributed by atoms with Crippen LogP contribution in [0.2, 0.25) is 0 Å². The van der Waals surface area contributed by atoms with Gasteiger partial charge in [-0.05, 0) is 49.4 Å². The van der Waals surface area contributed by atoms with Crippen molar-refractivity contribution >= 4 is 35.0 Å². The SMILES string of the molecule is C=CC(=O)Nc1ccc(Sc2nc(Nc3cccc(OCCCO)c3)ncc2C)cc1. The minimum atomic E-state index is -0.245. The molecule has 1 amide bonds. The van der Waals surface area contributed by atoms with E-state index in [0.717, 1.165) is 21.2 Å². The maximum atomic E-state index is 11.4. The maximum absolute atomic E-state index is 11.4. The molecule has 1 aromatic heterocycles. The molecule has 3 rings (SSSR count). The van der Waals surface area contributed by atoms with Crippen molar-refractivity contribution in [2.24, 2.45) is 0 Å². The summed E-state index contributed by atoms with van der Waals surface area (Å²) in [7, 11) is 0. The number of hydrogen-bond acceptors (Lipinski definition) is 7. The van der Waals surface area contributed by atoms with Crippen LogP contribution in [0.3, 0.4) is 0 Å². The van der Waals surface area contributed by atoms with Gasteiger partial charge in [0.05, 0.1) is 6.61 Å². The summed E-state index contributed by atoms with van der Waals surface area (Å²) in [5, 5.41) is 15.6. The minimum absolute atomic E-state index is 0.0990. The van der Waals surface area contributed by atoms with Gasteiger partial charge < -0.3 is 20.5 Å². The number of aryl methyl sites for hydroxylation is 1. The van der Waals surface area contributed by atoms with Crippen LogP contribution >= 0.6 is 11.8 Å². The molecular formula is C23H24N4O3S. The quantitative estimate of drug-likeness (QED) is 0.243. The number of aromatic nitrogens is 2. The highest BCUT2D eigenvalue weighted by atomic mass is 32.2. The van der Waals surface area contributed by atoms with Crippen molar-refractivity contribution in [1.29, 1.82) is 0 Å². The molecule has 3 N–H and O–H groups in total. The van der Waals surface area contributed by atoms with E-state index in [-0.39, 0.29) is 12.5 Å². The molecule has 7 nitrogen and oxygen atoms in total. The van der Waals surface area contributed by atoms with Crippen LogP contribution in [-0.4, -0.2) is 34.2 Å². The van der Waals surface area contributed by atoms with Gasteiger partial charge in [-0.25, -0.2) is 9.97 Å². The highest BCUT2D eigenvalue weighted by Crippen LogP contribution is 2.30. The van der Waals surface area contributed by atoms with Gasteiger partial charge in [0, 0.05) is 47.1 Å². The lowest BCUT2D eigenvalue weighted by Crippen LogP contribution is -2.06. The number of carbonyl (C=O) groups excluding carboxylic acids is 1. The molecule has 0 aliphatic heterocycles. The zero-order valence-corrected chi connectivity index (χ0v) is 18.0. The fourth-order valence-corrected chi connectivity index (χ4v) is 3.39. The van der Waals surface area contributed by atoms with Crippen LogP contribution in [0.5, 0.6) is 5.75 Å². The van der Waals surface area contributed by atoms with E-state index in [4.69, 9.17) is 9.84 Å². The number of anilines is 3. The maximum Gasteiger partial charge on any atom is 0.247 e. The van der Waals surface area contributed by atoms with E-state index in [1.165, 1.54) is 17.8 Å². The van der Waals surface area contributed by atoms with Gasteiger partial charge in [-0.15, -0.1) is 0 Å². The second kappa shape index (κ2) is 11.1. The summed E-state index contributed by atoms with van der Waals surface area (Å²) in [6.07, 6.45) is 3.59. The van der Waals surface area contributed by atoms with Crippen molar-refractivity contribution in [3.8, 4) is 5.75 Å². The van der Waals surface area contributed by atoms with Crippen LogP contribution in [0.4, 0.5) is 17.3 Å². The number of aliphatic hydroxyl groups is 1. The van der Waals surface area contributed by atoms with Crippen molar-refractivity contribution in [2.45, 2.75) is 23.3 Å². The average Bonchev–Trinajstić information content (AvgIpc) is 2.78. The third-order valence-electron chi connectivity index (χ3n) is 4.11. The zero-order valence-electron chi connectivity index (χ0n) is 17.2. The van der Waals surface area contributed by atoms with Crippen LogP contribution in [0, 0.1) is 6.92 Å². The molecular weight excluding hydrogens is 412 g/mol. The Labute approximate surface area is 185 Å². The van der Waals surface area contributed by atoms with E-state index in [1.807, 2.05) is 55.5 Å². The lowest BCUT2D eigenvalue weighted by atomic mass is 10.3. The molecule has 31 heavy (non-hydrogen) atoms. The van der Waals surface area contributed by atoms with Crippen LogP contribution in [0.25, 0.3) is 0 Å². The minimum Gasteiger partial charge on any atom is -0.493 e. The highest BCUT2D eigenvalue weighted by molar-refractivity contribution is 7.99. The average molecular weight is 437 g/mol. The summed E-state index contributed by atoms with van der Waals surface area (Å²) in [6, 6.07) is 15.0. The van der Waals surface area contributed by atoms with Gasteiger partial charge in [-0.2, -0.15) is 0 Å². The number of nitrogens with one attached hydrogen (secondary N) is 2. The number of hydrogen-bond donors (Lipinski definition) is 3. The molecule has 8 heteroatoms. The molecule has 0 fully saturated rings. The van der Waals surface area contributed by atoms with Crippen molar-refractivity contribution in [1.82, 2.24) is 9.97 Å². The first kappa shape index (κ1) is 22.3. The zero-order chi connectivity index (χ0) is 22.1. The summed E-state index contributed by atoms with van der Waals surface area (Å²) < 4.78 is 5.61. The smallest absolute Gasteiger partial charge is 0.247 e. The largest absolute Gasteiger partial charge is 0.493 e. The number of nitrogens with zero attached hydrogens (tertiary/aromatic N) is 2. The Morgan fingerprint density at radius 2 is 2.03 bits per heavy atom. The number of aliphatic hydroxyl groups excluding tert-OH is 1. The Bertz CT molecular complexity index is 1040. The first-order chi connectivity index (χ1) is 15.1. The van der Waals surface area contributed by atoms with E-state index >= 15 is 0 Å².